The molecule has 0 radical (unpaired) electrons. The number of anilines is 2. The fourth-order valence-electron chi connectivity index (χ4n) is 3.12. The maximum absolute atomic E-state index is 4.74. The van der Waals surface area contributed by atoms with Crippen molar-refractivity contribution in [1.82, 2.24) is 24.8 Å². The van der Waals surface area contributed by atoms with Gasteiger partial charge < -0.3 is 5.32 Å². The summed E-state index contributed by atoms with van der Waals surface area (Å²) < 4.78 is 0. The molecule has 3 aromatic heterocycles. The molecule has 0 aromatic carbocycles. The van der Waals surface area contributed by atoms with Gasteiger partial charge in [0, 0.05) is 29.2 Å². The Kier molecular flexibility index (Phi) is 4.74. The summed E-state index contributed by atoms with van der Waals surface area (Å²) in [5, 5.41) is 7.41. The zero-order valence-corrected chi connectivity index (χ0v) is 15.9. The zero-order chi connectivity index (χ0) is 17.2. The zero-order valence-electron chi connectivity index (χ0n) is 14.3. The van der Waals surface area contributed by atoms with Crippen LogP contribution in [0.25, 0.3) is 0 Å². The first-order valence-electron chi connectivity index (χ1n) is 8.35. The lowest BCUT2D eigenvalue weighted by Gasteiger charge is -2.22. The Labute approximate surface area is 155 Å². The minimum atomic E-state index is 0.252. The molecule has 0 bridgehead atoms. The predicted octanol–water partition coefficient (Wildman–Crippen LogP) is 4.09. The molecular weight excluding hydrogens is 352 g/mol. The molecule has 130 valence electrons. The average Bonchev–Trinajstić information content (AvgIpc) is 3.31. The molecule has 1 aliphatic rings. The highest BCUT2D eigenvalue weighted by Crippen LogP contribution is 2.32. The first-order chi connectivity index (χ1) is 12.2. The van der Waals surface area contributed by atoms with Crippen LogP contribution in [0.1, 0.15) is 40.3 Å². The summed E-state index contributed by atoms with van der Waals surface area (Å²) >= 11 is 3.33. The van der Waals surface area contributed by atoms with Crippen LogP contribution in [0.3, 0.4) is 0 Å². The summed E-state index contributed by atoms with van der Waals surface area (Å²) in [5.74, 6) is 1.68. The van der Waals surface area contributed by atoms with E-state index in [-0.39, 0.29) is 6.04 Å². The molecule has 3 aromatic rings. The quantitative estimate of drug-likeness (QED) is 0.728. The number of aryl methyl sites for hydroxylation is 2. The third kappa shape index (κ3) is 3.86. The molecule has 4 heterocycles. The molecule has 25 heavy (non-hydrogen) atoms. The summed E-state index contributed by atoms with van der Waals surface area (Å²) in [6, 6.07) is 2.14. The van der Waals surface area contributed by atoms with Crippen LogP contribution in [-0.2, 0) is 6.54 Å². The molecule has 0 spiro atoms. The highest BCUT2D eigenvalue weighted by atomic mass is 32.1. The fraction of sp³-hybridized carbons (Fsp3) is 0.412. The Morgan fingerprint density at radius 1 is 1.28 bits per heavy atom. The normalized spacial score (nSPS) is 17.9. The van der Waals surface area contributed by atoms with Crippen molar-refractivity contribution in [2.45, 2.75) is 39.3 Å². The van der Waals surface area contributed by atoms with Gasteiger partial charge in [-0.15, -0.1) is 22.7 Å². The number of hydrogen-bond donors (Lipinski definition) is 1. The minimum absolute atomic E-state index is 0.252. The van der Waals surface area contributed by atoms with Crippen molar-refractivity contribution < 1.29 is 0 Å². The number of rotatable bonds is 5. The van der Waals surface area contributed by atoms with Crippen molar-refractivity contribution in [2.75, 3.05) is 11.9 Å². The molecule has 0 saturated carbocycles. The molecule has 0 unspecified atom stereocenters. The maximum Gasteiger partial charge on any atom is 0.188 e. The van der Waals surface area contributed by atoms with Crippen LogP contribution in [0.2, 0.25) is 0 Å². The van der Waals surface area contributed by atoms with Crippen molar-refractivity contribution in [3.05, 3.63) is 45.2 Å². The smallest absolute Gasteiger partial charge is 0.188 e. The molecule has 6 nitrogen and oxygen atoms in total. The number of thiazole rings is 2. The van der Waals surface area contributed by atoms with E-state index in [1.165, 1.54) is 11.3 Å². The standard InChI is InChI=1S/C17H20N6S2/c1-11-8-19-17(25-11)22-15-5-6-18-16(21-15)14-4-3-7-23(14)9-13-10-24-12(2)20-13/h5-6,8,10,14H,3-4,7,9H2,1-2H3,(H,18,19,21,22)/t14-/m0/s1. The summed E-state index contributed by atoms with van der Waals surface area (Å²) in [6.07, 6.45) is 5.95. The molecule has 1 aliphatic heterocycles. The van der Waals surface area contributed by atoms with Gasteiger partial charge in [-0.3, -0.25) is 4.90 Å². The molecule has 1 N–H and O–H groups in total. The van der Waals surface area contributed by atoms with Crippen molar-refractivity contribution >= 4 is 33.6 Å². The lowest BCUT2D eigenvalue weighted by atomic mass is 10.2. The lowest BCUT2D eigenvalue weighted by molar-refractivity contribution is 0.237. The van der Waals surface area contributed by atoms with Gasteiger partial charge in [-0.25, -0.2) is 19.9 Å². The summed E-state index contributed by atoms with van der Waals surface area (Å²) in [4.78, 5) is 21.8. The molecule has 1 fully saturated rings. The van der Waals surface area contributed by atoms with Gasteiger partial charge in [0.05, 0.1) is 16.7 Å². The second-order valence-electron chi connectivity index (χ2n) is 6.19. The van der Waals surface area contributed by atoms with Gasteiger partial charge in [-0.05, 0) is 39.3 Å². The second-order valence-corrected chi connectivity index (χ2v) is 8.48. The molecular formula is C17H20N6S2. The van der Waals surface area contributed by atoms with Crippen LogP contribution in [0.15, 0.2) is 23.8 Å². The molecule has 0 aliphatic carbocycles. The SMILES string of the molecule is Cc1cnc(Nc2ccnc([C@@H]3CCCN3Cc3csc(C)n3)n2)s1. The number of nitrogens with zero attached hydrogens (tertiary/aromatic N) is 5. The van der Waals surface area contributed by atoms with E-state index in [0.717, 1.165) is 47.0 Å². The van der Waals surface area contributed by atoms with Gasteiger partial charge in [0.15, 0.2) is 5.13 Å². The molecule has 0 amide bonds. The third-order valence-corrected chi connectivity index (χ3v) is 5.87. The van der Waals surface area contributed by atoms with E-state index in [2.05, 4.69) is 30.5 Å². The van der Waals surface area contributed by atoms with Crippen LogP contribution >= 0.6 is 22.7 Å². The Morgan fingerprint density at radius 2 is 2.20 bits per heavy atom. The topological polar surface area (TPSA) is 66.8 Å². The van der Waals surface area contributed by atoms with Gasteiger partial charge in [-0.1, -0.05) is 0 Å². The number of aromatic nitrogens is 4. The van der Waals surface area contributed by atoms with Gasteiger partial charge in [0.2, 0.25) is 0 Å². The maximum atomic E-state index is 4.74. The Hall–Kier alpha value is -1.90. The molecule has 8 heteroatoms. The van der Waals surface area contributed by atoms with E-state index in [0.29, 0.717) is 0 Å². The molecule has 1 atom stereocenters. The van der Waals surface area contributed by atoms with E-state index >= 15 is 0 Å². The molecule has 4 rings (SSSR count). The first-order valence-corrected chi connectivity index (χ1v) is 10.0. The van der Waals surface area contributed by atoms with E-state index in [9.17, 15) is 0 Å². The van der Waals surface area contributed by atoms with Crippen LogP contribution in [0.4, 0.5) is 10.9 Å². The van der Waals surface area contributed by atoms with Gasteiger partial charge in [-0.2, -0.15) is 0 Å². The second kappa shape index (κ2) is 7.15. The summed E-state index contributed by atoms with van der Waals surface area (Å²) in [5.41, 5.74) is 1.14. The Balaban J connectivity index is 1.50. The predicted molar refractivity (Wildman–Crippen MR) is 101 cm³/mol. The first kappa shape index (κ1) is 16.6. The third-order valence-electron chi connectivity index (χ3n) is 4.22. The van der Waals surface area contributed by atoms with E-state index in [4.69, 9.17) is 4.98 Å². The number of likely N-dealkylation sites (tertiary alicyclic amines) is 1. The number of nitrogens with one attached hydrogen (secondary N) is 1. The Morgan fingerprint density at radius 3 is 2.96 bits per heavy atom. The van der Waals surface area contributed by atoms with E-state index in [1.807, 2.05) is 32.3 Å². The van der Waals surface area contributed by atoms with Crippen LogP contribution in [0, 0.1) is 13.8 Å². The van der Waals surface area contributed by atoms with Gasteiger partial charge >= 0.3 is 0 Å². The van der Waals surface area contributed by atoms with Crippen molar-refractivity contribution in [1.29, 1.82) is 0 Å². The fourth-order valence-corrected chi connectivity index (χ4v) is 4.40. The van der Waals surface area contributed by atoms with E-state index < -0.39 is 0 Å². The van der Waals surface area contributed by atoms with Crippen molar-refractivity contribution in [3.63, 3.8) is 0 Å². The van der Waals surface area contributed by atoms with Crippen LogP contribution in [0.5, 0.6) is 0 Å². The Bertz CT molecular complexity index is 858. The van der Waals surface area contributed by atoms with E-state index in [1.54, 1.807) is 22.7 Å². The largest absolute Gasteiger partial charge is 0.316 e. The minimum Gasteiger partial charge on any atom is -0.316 e. The summed E-state index contributed by atoms with van der Waals surface area (Å²) in [6.45, 7) is 6.02. The van der Waals surface area contributed by atoms with Gasteiger partial charge in [0.25, 0.3) is 0 Å². The molecule has 1 saturated heterocycles. The lowest BCUT2D eigenvalue weighted by Crippen LogP contribution is -2.24. The number of hydrogen-bond acceptors (Lipinski definition) is 8. The van der Waals surface area contributed by atoms with Crippen LogP contribution < -0.4 is 5.32 Å². The summed E-state index contributed by atoms with van der Waals surface area (Å²) in [7, 11) is 0. The van der Waals surface area contributed by atoms with Crippen molar-refractivity contribution in [3.8, 4) is 0 Å². The van der Waals surface area contributed by atoms with Gasteiger partial charge in [0.1, 0.15) is 11.6 Å². The van der Waals surface area contributed by atoms with Crippen LogP contribution in [-0.4, -0.2) is 31.4 Å². The average molecular weight is 373 g/mol. The monoisotopic (exact) mass is 372 g/mol. The highest BCUT2D eigenvalue weighted by molar-refractivity contribution is 7.15. The highest BCUT2D eigenvalue weighted by Gasteiger charge is 2.28. The van der Waals surface area contributed by atoms with Crippen molar-refractivity contribution in [2.24, 2.45) is 0 Å².